The van der Waals surface area contributed by atoms with E-state index in [1.165, 1.54) is 0 Å². The number of benzene rings is 1. The molecule has 3 heterocycles. The number of likely N-dealkylation sites (N-methyl/N-ethyl adjacent to an activating group) is 1. The zero-order chi connectivity index (χ0) is 21.3. The highest BCUT2D eigenvalue weighted by molar-refractivity contribution is 5.71. The second-order valence-corrected chi connectivity index (χ2v) is 7.28. The molecule has 1 fully saturated rings. The van der Waals surface area contributed by atoms with Gasteiger partial charge in [0.05, 0.1) is 19.0 Å². The van der Waals surface area contributed by atoms with Crippen molar-refractivity contribution in [2.24, 2.45) is 0 Å². The van der Waals surface area contributed by atoms with Crippen LogP contribution in [-0.2, 0) is 12.7 Å². The summed E-state index contributed by atoms with van der Waals surface area (Å²) in [6.45, 7) is 3.47. The smallest absolute Gasteiger partial charge is 0.435 e. The van der Waals surface area contributed by atoms with Crippen LogP contribution in [0.5, 0.6) is 5.75 Å². The quantitative estimate of drug-likeness (QED) is 0.685. The molecule has 1 aliphatic heterocycles. The van der Waals surface area contributed by atoms with E-state index in [9.17, 15) is 13.2 Å². The fraction of sp³-hybridized carbons (Fsp3) is 0.400. The van der Waals surface area contributed by atoms with Gasteiger partial charge < -0.3 is 19.9 Å². The predicted molar refractivity (Wildman–Crippen MR) is 108 cm³/mol. The van der Waals surface area contributed by atoms with Crippen molar-refractivity contribution in [3.05, 3.63) is 47.8 Å². The number of piperazine rings is 1. The minimum atomic E-state index is -4.54. The van der Waals surface area contributed by atoms with Gasteiger partial charge >= 0.3 is 6.18 Å². The summed E-state index contributed by atoms with van der Waals surface area (Å²) < 4.78 is 46.5. The molecular weight excluding hydrogens is 397 g/mol. The molecule has 0 spiro atoms. The Morgan fingerprint density at radius 3 is 2.43 bits per heavy atom. The number of alkyl halides is 3. The summed E-state index contributed by atoms with van der Waals surface area (Å²) >= 11 is 0. The third-order valence-corrected chi connectivity index (χ3v) is 5.21. The lowest BCUT2D eigenvalue weighted by Crippen LogP contribution is -2.45. The first-order valence-corrected chi connectivity index (χ1v) is 9.61. The molecule has 0 aliphatic carbocycles. The van der Waals surface area contributed by atoms with Crippen LogP contribution in [0.2, 0.25) is 0 Å². The van der Waals surface area contributed by atoms with E-state index in [1.54, 1.807) is 13.2 Å². The van der Waals surface area contributed by atoms with E-state index in [2.05, 4.69) is 20.3 Å². The van der Waals surface area contributed by atoms with Crippen molar-refractivity contribution >= 4 is 17.2 Å². The van der Waals surface area contributed by atoms with E-state index in [-0.39, 0.29) is 5.65 Å². The summed E-state index contributed by atoms with van der Waals surface area (Å²) in [5.74, 6) is 1.24. The monoisotopic (exact) mass is 420 g/mol. The van der Waals surface area contributed by atoms with Gasteiger partial charge in [0.1, 0.15) is 5.75 Å². The molecule has 1 N–H and O–H groups in total. The molecule has 160 valence electrons. The number of aromatic nitrogens is 3. The lowest BCUT2D eigenvalue weighted by molar-refractivity contribution is -0.142. The summed E-state index contributed by atoms with van der Waals surface area (Å²) in [5.41, 5.74) is 0.731. The number of rotatable bonds is 5. The van der Waals surface area contributed by atoms with E-state index in [1.807, 2.05) is 36.2 Å². The molecule has 0 atom stereocenters. The Morgan fingerprint density at radius 1 is 1.10 bits per heavy atom. The van der Waals surface area contributed by atoms with Gasteiger partial charge in [-0.1, -0.05) is 12.1 Å². The van der Waals surface area contributed by atoms with Crippen LogP contribution in [0.3, 0.4) is 0 Å². The summed E-state index contributed by atoms with van der Waals surface area (Å²) in [5, 5.41) is 7.50. The second-order valence-electron chi connectivity index (χ2n) is 7.28. The number of nitrogens with one attached hydrogen (secondary N) is 1. The summed E-state index contributed by atoms with van der Waals surface area (Å²) in [6.07, 6.45) is -3.71. The highest BCUT2D eigenvalue weighted by atomic mass is 19.4. The third-order valence-electron chi connectivity index (χ3n) is 5.21. The minimum absolute atomic E-state index is 0.147. The van der Waals surface area contributed by atoms with Crippen LogP contribution >= 0.6 is 0 Å². The van der Waals surface area contributed by atoms with Crippen LogP contribution in [0.1, 0.15) is 11.3 Å². The largest absolute Gasteiger partial charge is 0.497 e. The molecule has 10 heteroatoms. The first-order chi connectivity index (χ1) is 14.3. The Hall–Kier alpha value is -3.01. The van der Waals surface area contributed by atoms with Gasteiger partial charge in [-0.15, -0.1) is 5.10 Å². The average molecular weight is 420 g/mol. The Labute approximate surface area is 172 Å². The maximum absolute atomic E-state index is 13.5. The minimum Gasteiger partial charge on any atom is -0.497 e. The van der Waals surface area contributed by atoms with Crippen molar-refractivity contribution in [2.45, 2.75) is 12.7 Å². The first kappa shape index (κ1) is 20.3. The Kier molecular flexibility index (Phi) is 5.42. The van der Waals surface area contributed by atoms with Crippen molar-refractivity contribution in [3.8, 4) is 5.75 Å². The lowest BCUT2D eigenvalue weighted by atomic mass is 10.2. The van der Waals surface area contributed by atoms with E-state index in [0.717, 1.165) is 35.1 Å². The molecule has 7 nitrogen and oxygen atoms in total. The number of halogens is 3. The molecule has 3 aromatic rings. The number of imidazole rings is 1. The van der Waals surface area contributed by atoms with Gasteiger partial charge in [-0.05, 0) is 24.7 Å². The van der Waals surface area contributed by atoms with E-state index < -0.39 is 11.9 Å². The number of fused-ring (bicyclic) bond motifs is 1. The lowest BCUT2D eigenvalue weighted by Gasteiger charge is -2.33. The highest BCUT2D eigenvalue weighted by Gasteiger charge is 2.36. The Morgan fingerprint density at radius 2 is 1.80 bits per heavy atom. The molecule has 0 radical (unpaired) electrons. The van der Waals surface area contributed by atoms with Gasteiger partial charge in [-0.25, -0.2) is 9.50 Å². The summed E-state index contributed by atoms with van der Waals surface area (Å²) in [7, 11) is 3.62. The molecule has 4 rings (SSSR count). The molecule has 1 aliphatic rings. The molecule has 0 unspecified atom stereocenters. The number of hydrogen-bond donors (Lipinski definition) is 1. The molecule has 1 saturated heterocycles. The molecule has 2 aromatic heterocycles. The Balaban J connectivity index is 1.68. The van der Waals surface area contributed by atoms with Crippen molar-refractivity contribution in [1.82, 2.24) is 19.5 Å². The zero-order valence-electron chi connectivity index (χ0n) is 16.8. The third kappa shape index (κ3) is 4.13. The van der Waals surface area contributed by atoms with Crippen molar-refractivity contribution < 1.29 is 17.9 Å². The summed E-state index contributed by atoms with van der Waals surface area (Å²) in [6, 6.07) is 9.26. The van der Waals surface area contributed by atoms with Crippen molar-refractivity contribution in [3.63, 3.8) is 0 Å². The number of hydrogen-bond acceptors (Lipinski definition) is 6. The number of nitrogens with zero attached hydrogens (tertiary/aromatic N) is 5. The van der Waals surface area contributed by atoms with E-state index in [0.29, 0.717) is 31.1 Å². The molecule has 0 bridgehead atoms. The normalized spacial score (nSPS) is 15.6. The van der Waals surface area contributed by atoms with Crippen LogP contribution < -0.4 is 15.0 Å². The van der Waals surface area contributed by atoms with Crippen LogP contribution in [0.15, 0.2) is 36.5 Å². The molecule has 1 aromatic carbocycles. The predicted octanol–water partition coefficient (Wildman–Crippen LogP) is 3.12. The maximum Gasteiger partial charge on any atom is 0.435 e. The number of anilines is 2. The van der Waals surface area contributed by atoms with Gasteiger partial charge in [-0.3, -0.25) is 0 Å². The summed E-state index contributed by atoms with van der Waals surface area (Å²) in [4.78, 5) is 8.17. The first-order valence-electron chi connectivity index (χ1n) is 9.61. The van der Waals surface area contributed by atoms with Crippen LogP contribution in [0.25, 0.3) is 5.65 Å². The average Bonchev–Trinajstić information content (AvgIpc) is 3.17. The van der Waals surface area contributed by atoms with Gasteiger partial charge in [0.15, 0.2) is 17.2 Å². The molecular formula is C20H23F3N6O. The van der Waals surface area contributed by atoms with Crippen molar-refractivity contribution in [2.75, 3.05) is 50.6 Å². The fourth-order valence-corrected chi connectivity index (χ4v) is 3.41. The molecule has 0 saturated carbocycles. The van der Waals surface area contributed by atoms with Crippen LogP contribution in [-0.4, -0.2) is 59.8 Å². The van der Waals surface area contributed by atoms with Gasteiger partial charge in [0.25, 0.3) is 0 Å². The highest BCUT2D eigenvalue weighted by Crippen LogP contribution is 2.32. The number of methoxy groups -OCH3 is 1. The molecule has 0 amide bonds. The van der Waals surface area contributed by atoms with Gasteiger partial charge in [0.2, 0.25) is 0 Å². The van der Waals surface area contributed by atoms with Crippen LogP contribution in [0, 0.1) is 0 Å². The maximum atomic E-state index is 13.5. The fourth-order valence-electron chi connectivity index (χ4n) is 3.41. The second kappa shape index (κ2) is 8.02. The topological polar surface area (TPSA) is 57.9 Å². The van der Waals surface area contributed by atoms with Crippen LogP contribution in [0.4, 0.5) is 24.7 Å². The molecule has 30 heavy (non-hydrogen) atoms. The van der Waals surface area contributed by atoms with E-state index >= 15 is 0 Å². The zero-order valence-corrected chi connectivity index (χ0v) is 16.8. The standard InChI is InChI=1S/C20H23F3N6O/c1-27-7-9-28(10-8-27)18-11-16(24-12-14-3-5-15(30-2)6-4-14)19-25-13-17(20(21,22)23)29(19)26-18/h3-6,11,13,24H,7-10,12H2,1-2H3. The van der Waals surface area contributed by atoms with Gasteiger partial charge in [0, 0.05) is 38.8 Å². The number of ether oxygens (including phenoxy) is 1. The van der Waals surface area contributed by atoms with Gasteiger partial charge in [-0.2, -0.15) is 13.2 Å². The van der Waals surface area contributed by atoms with E-state index in [4.69, 9.17) is 4.74 Å². The Bertz CT molecular complexity index is 1010. The van der Waals surface area contributed by atoms with Crippen molar-refractivity contribution in [1.29, 1.82) is 0 Å². The SMILES string of the molecule is COc1ccc(CNc2cc(N3CCN(C)CC3)nn3c(C(F)(F)F)cnc23)cc1.